The van der Waals surface area contributed by atoms with E-state index in [2.05, 4.69) is 15.0 Å². The maximum Gasteiger partial charge on any atom is 0.416 e. The van der Waals surface area contributed by atoms with Gasteiger partial charge in [-0.2, -0.15) is 13.2 Å². The largest absolute Gasteiger partial charge is 0.487 e. The molecule has 0 amide bonds. The molecule has 9 heteroatoms. The minimum atomic E-state index is -4.60. The summed E-state index contributed by atoms with van der Waals surface area (Å²) in [6.45, 7) is 0.169. The third-order valence-electron chi connectivity index (χ3n) is 5.35. The van der Waals surface area contributed by atoms with Gasteiger partial charge in [-0.25, -0.2) is 19.3 Å². The van der Waals surface area contributed by atoms with Crippen molar-refractivity contribution in [2.24, 2.45) is 0 Å². The molecule has 0 atom stereocenters. The summed E-state index contributed by atoms with van der Waals surface area (Å²) >= 11 is 0. The zero-order valence-corrected chi connectivity index (χ0v) is 19.2. The second kappa shape index (κ2) is 11.6. The molecule has 0 spiro atoms. The van der Waals surface area contributed by atoms with Crippen LogP contribution in [0.4, 0.5) is 17.6 Å². The fourth-order valence-corrected chi connectivity index (χ4v) is 3.45. The number of aromatic nitrogens is 3. The van der Waals surface area contributed by atoms with Crippen LogP contribution in [0.2, 0.25) is 0 Å². The average molecular weight is 497 g/mol. The molecule has 2 aromatic carbocycles. The summed E-state index contributed by atoms with van der Waals surface area (Å²) in [5.41, 5.74) is 0.682. The number of ether oxygens (including phenoxy) is 1. The Morgan fingerprint density at radius 1 is 0.917 bits per heavy atom. The molecule has 4 aromatic rings. The van der Waals surface area contributed by atoms with E-state index in [1.54, 1.807) is 18.5 Å². The number of alkyl halides is 3. The fraction of sp³-hybridized carbons (Fsp3) is 0.222. The van der Waals surface area contributed by atoms with Gasteiger partial charge >= 0.3 is 6.18 Å². The molecule has 0 fully saturated rings. The predicted molar refractivity (Wildman–Crippen MR) is 126 cm³/mol. The van der Waals surface area contributed by atoms with Crippen LogP contribution < -0.4 is 4.74 Å². The van der Waals surface area contributed by atoms with Gasteiger partial charge in [0.05, 0.1) is 5.56 Å². The van der Waals surface area contributed by atoms with Gasteiger partial charge in [0.15, 0.2) is 0 Å². The fourth-order valence-electron chi connectivity index (χ4n) is 3.45. The monoisotopic (exact) mass is 497 g/mol. The van der Waals surface area contributed by atoms with Crippen LogP contribution in [-0.2, 0) is 25.6 Å². The number of nitrogens with zero attached hydrogens (tertiary/aromatic N) is 3. The van der Waals surface area contributed by atoms with Crippen molar-refractivity contribution in [3.05, 3.63) is 107 Å². The number of oxazole rings is 1. The minimum Gasteiger partial charge on any atom is -0.487 e. The van der Waals surface area contributed by atoms with Crippen molar-refractivity contribution in [3.63, 3.8) is 0 Å². The van der Waals surface area contributed by atoms with Crippen molar-refractivity contribution in [2.45, 2.75) is 38.5 Å². The van der Waals surface area contributed by atoms with Crippen molar-refractivity contribution < 1.29 is 26.7 Å². The van der Waals surface area contributed by atoms with Crippen LogP contribution in [0.3, 0.4) is 0 Å². The number of rotatable bonds is 10. The Morgan fingerprint density at radius 3 is 2.39 bits per heavy atom. The Hall–Kier alpha value is -4.01. The lowest BCUT2D eigenvalue weighted by Crippen LogP contribution is -2.05. The van der Waals surface area contributed by atoms with E-state index in [1.807, 2.05) is 24.3 Å². The van der Waals surface area contributed by atoms with Gasteiger partial charge < -0.3 is 9.15 Å². The first kappa shape index (κ1) is 25.1. The molecule has 4 rings (SSSR count). The van der Waals surface area contributed by atoms with Gasteiger partial charge in [0, 0.05) is 30.5 Å². The Bertz CT molecular complexity index is 1290. The van der Waals surface area contributed by atoms with Gasteiger partial charge in [0.1, 0.15) is 36.0 Å². The Morgan fingerprint density at radius 2 is 1.67 bits per heavy atom. The normalized spacial score (nSPS) is 11.8. The summed E-state index contributed by atoms with van der Waals surface area (Å²) in [5, 5.41) is 0. The highest BCUT2D eigenvalue weighted by Gasteiger charge is 2.30. The SMILES string of the molecule is Fc1cc(C(F)(F)F)ccc1C=Cc1nc(COc2ccc(CCCCc3ncccn3)cc2)co1. The van der Waals surface area contributed by atoms with Crippen LogP contribution >= 0.6 is 0 Å². The van der Waals surface area contributed by atoms with E-state index in [0.29, 0.717) is 17.5 Å². The number of benzene rings is 2. The first-order valence-corrected chi connectivity index (χ1v) is 11.3. The predicted octanol–water partition coefficient (Wildman–Crippen LogP) is 6.94. The summed E-state index contributed by atoms with van der Waals surface area (Å²) in [5.74, 6) is 0.747. The van der Waals surface area contributed by atoms with Gasteiger partial charge in [0.25, 0.3) is 0 Å². The number of aryl methyl sites for hydroxylation is 2. The van der Waals surface area contributed by atoms with E-state index in [4.69, 9.17) is 9.15 Å². The standard InChI is InChI=1S/C27H23F4N3O2/c28-24-16-21(27(29,30)31)10-8-20(24)9-13-26-34-22(18-36-26)17-35-23-11-6-19(7-12-23)4-1-2-5-25-32-14-3-15-33-25/h3,6-16,18H,1-2,4-5,17H2. The Labute approximate surface area is 205 Å². The molecule has 0 aliphatic heterocycles. The van der Waals surface area contributed by atoms with E-state index in [9.17, 15) is 17.6 Å². The molecule has 0 saturated carbocycles. The molecule has 0 bridgehead atoms. The van der Waals surface area contributed by atoms with Gasteiger partial charge in [-0.05, 0) is 61.2 Å². The maximum atomic E-state index is 14.0. The molecule has 0 aliphatic carbocycles. The van der Waals surface area contributed by atoms with Crippen LogP contribution in [0.1, 0.15) is 46.9 Å². The molecule has 0 unspecified atom stereocenters. The molecule has 0 N–H and O–H groups in total. The number of hydrogen-bond acceptors (Lipinski definition) is 5. The Kier molecular flexibility index (Phi) is 8.10. The van der Waals surface area contributed by atoms with Crippen molar-refractivity contribution in [1.29, 1.82) is 0 Å². The van der Waals surface area contributed by atoms with Crippen molar-refractivity contribution in [3.8, 4) is 5.75 Å². The smallest absolute Gasteiger partial charge is 0.416 e. The quantitative estimate of drug-likeness (QED) is 0.176. The maximum absolute atomic E-state index is 14.0. The summed E-state index contributed by atoms with van der Waals surface area (Å²) in [6, 6.07) is 12.0. The van der Waals surface area contributed by atoms with Crippen molar-refractivity contribution >= 4 is 12.2 Å². The third-order valence-corrected chi connectivity index (χ3v) is 5.35. The second-order valence-electron chi connectivity index (χ2n) is 8.05. The number of hydrogen-bond donors (Lipinski definition) is 0. The Balaban J connectivity index is 1.23. The topological polar surface area (TPSA) is 61.0 Å². The minimum absolute atomic E-state index is 0.00695. The lowest BCUT2D eigenvalue weighted by atomic mass is 10.1. The van der Waals surface area contributed by atoms with Crippen LogP contribution in [0.5, 0.6) is 5.75 Å². The molecule has 0 radical (unpaired) electrons. The van der Waals surface area contributed by atoms with E-state index < -0.39 is 17.6 Å². The lowest BCUT2D eigenvalue weighted by molar-refractivity contribution is -0.137. The first-order valence-electron chi connectivity index (χ1n) is 11.3. The zero-order valence-electron chi connectivity index (χ0n) is 19.2. The van der Waals surface area contributed by atoms with Gasteiger partial charge in [-0.15, -0.1) is 0 Å². The molecule has 0 saturated heterocycles. The van der Waals surface area contributed by atoms with Crippen LogP contribution in [0.25, 0.3) is 12.2 Å². The van der Waals surface area contributed by atoms with Gasteiger partial charge in [-0.1, -0.05) is 18.2 Å². The highest BCUT2D eigenvalue weighted by Crippen LogP contribution is 2.30. The van der Waals surface area contributed by atoms with E-state index in [0.717, 1.165) is 43.6 Å². The summed E-state index contributed by atoms with van der Waals surface area (Å²) in [7, 11) is 0. The molecule has 186 valence electrons. The molecule has 2 heterocycles. The van der Waals surface area contributed by atoms with Gasteiger partial charge in [0.2, 0.25) is 5.89 Å². The first-order chi connectivity index (χ1) is 17.4. The van der Waals surface area contributed by atoms with Crippen LogP contribution in [0.15, 0.2) is 71.6 Å². The average Bonchev–Trinajstić information content (AvgIpc) is 3.33. The molecule has 36 heavy (non-hydrogen) atoms. The van der Waals surface area contributed by atoms with Crippen LogP contribution in [0, 0.1) is 5.82 Å². The molecular weight excluding hydrogens is 474 g/mol. The summed E-state index contributed by atoms with van der Waals surface area (Å²) < 4.78 is 63.0. The van der Waals surface area contributed by atoms with Gasteiger partial charge in [-0.3, -0.25) is 0 Å². The molecule has 2 aromatic heterocycles. The zero-order chi connectivity index (χ0) is 25.4. The molecular formula is C27H23F4N3O2. The van der Waals surface area contributed by atoms with Crippen LogP contribution in [-0.4, -0.2) is 15.0 Å². The van der Waals surface area contributed by atoms with Crippen molar-refractivity contribution in [1.82, 2.24) is 15.0 Å². The number of unbranched alkanes of at least 4 members (excludes halogenated alkanes) is 1. The lowest BCUT2D eigenvalue weighted by Gasteiger charge is -2.07. The summed E-state index contributed by atoms with van der Waals surface area (Å²) in [4.78, 5) is 12.7. The van der Waals surface area contributed by atoms with Crippen molar-refractivity contribution in [2.75, 3.05) is 0 Å². The second-order valence-corrected chi connectivity index (χ2v) is 8.05. The highest BCUT2D eigenvalue weighted by atomic mass is 19.4. The van der Waals surface area contributed by atoms with E-state index >= 15 is 0 Å². The third kappa shape index (κ3) is 7.24. The molecule has 0 aliphatic rings. The number of halogens is 4. The van der Waals surface area contributed by atoms with E-state index in [-0.39, 0.29) is 18.1 Å². The van der Waals surface area contributed by atoms with E-state index in [1.165, 1.54) is 24.0 Å². The summed E-state index contributed by atoms with van der Waals surface area (Å²) in [6.07, 6.45) is 6.85. The molecule has 5 nitrogen and oxygen atoms in total. The highest BCUT2D eigenvalue weighted by molar-refractivity contribution is 5.66.